The molecule has 0 aromatic rings. The molecule has 34 heavy (non-hydrogen) atoms. The van der Waals surface area contributed by atoms with Crippen molar-refractivity contribution >= 4 is 5.97 Å². The van der Waals surface area contributed by atoms with E-state index in [4.69, 9.17) is 0 Å². The maximum absolute atomic E-state index is 13.5. The Morgan fingerprint density at radius 2 is 0.941 bits per heavy atom. The molecule has 0 rings (SSSR count). The second-order valence-corrected chi connectivity index (χ2v) is 6.38. The summed E-state index contributed by atoms with van der Waals surface area (Å²) in [5.41, 5.74) is -1.26. The number of alkyl halides is 17. The summed E-state index contributed by atoms with van der Waals surface area (Å²) >= 11 is 0. The number of esters is 1. The first-order valence-electron chi connectivity index (χ1n) is 7.64. The van der Waals surface area contributed by atoms with Crippen molar-refractivity contribution in [3.05, 3.63) is 12.2 Å². The molecule has 20 heteroatoms. The highest BCUT2D eigenvalue weighted by Crippen LogP contribution is 2.62. The van der Waals surface area contributed by atoms with Crippen LogP contribution < -0.4 is 0 Å². The van der Waals surface area contributed by atoms with Crippen LogP contribution in [0.4, 0.5) is 79.3 Å². The lowest BCUT2D eigenvalue weighted by atomic mass is 9.89. The summed E-state index contributed by atoms with van der Waals surface area (Å²) in [6, 6.07) is 0. The maximum Gasteiger partial charge on any atom is 0.473 e. The van der Waals surface area contributed by atoms with Gasteiger partial charge >= 0.3 is 53.8 Å². The van der Waals surface area contributed by atoms with Gasteiger partial charge in [0, 0.05) is 18.4 Å². The summed E-state index contributed by atoms with van der Waals surface area (Å²) < 4.78 is 225. The quantitative estimate of drug-likeness (QED) is 0.166. The van der Waals surface area contributed by atoms with E-state index in [9.17, 15) is 79.4 Å². The van der Waals surface area contributed by atoms with Gasteiger partial charge in [-0.15, -0.1) is 0 Å². The Kier molecular flexibility index (Phi) is 9.23. The van der Waals surface area contributed by atoms with Crippen LogP contribution in [0.3, 0.4) is 0 Å². The zero-order valence-electron chi connectivity index (χ0n) is 15.8. The minimum absolute atomic E-state index is 0. The van der Waals surface area contributed by atoms with Crippen molar-refractivity contribution in [1.29, 1.82) is 0 Å². The van der Waals surface area contributed by atoms with E-state index in [0.29, 0.717) is 6.92 Å². The van der Waals surface area contributed by atoms with Crippen LogP contribution in [0, 0.1) is 0 Å². The number of ether oxygens (including phenoxy) is 1. The highest BCUT2D eigenvalue weighted by atomic mass is 19.4. The van der Waals surface area contributed by atoms with Gasteiger partial charge in [-0.05, 0) is 6.92 Å². The topological polar surface area (TPSA) is 26.3 Å². The second-order valence-electron chi connectivity index (χ2n) is 6.38. The van der Waals surface area contributed by atoms with Crippen LogP contribution in [-0.4, -0.2) is 53.8 Å². The fourth-order valence-electron chi connectivity index (χ4n) is 1.73. The number of hydrogen-bond acceptors (Lipinski definition) is 2. The van der Waals surface area contributed by atoms with Crippen LogP contribution in [-0.2, 0) is 9.53 Å². The molecule has 2 nitrogen and oxygen atoms in total. The van der Waals surface area contributed by atoms with Crippen molar-refractivity contribution < 1.29 is 88.9 Å². The van der Waals surface area contributed by atoms with E-state index in [1.165, 1.54) is 0 Å². The lowest BCUT2D eigenvalue weighted by molar-refractivity contribution is -0.461. The number of hydrogen-bond donors (Lipinski definition) is 0. The summed E-state index contributed by atoms with van der Waals surface area (Å²) in [4.78, 5) is 10.8. The lowest BCUT2D eigenvalue weighted by Gasteiger charge is -2.42. The highest BCUT2D eigenvalue weighted by Gasteiger charge is 2.93. The molecule has 0 aromatic carbocycles. The third-order valence-electron chi connectivity index (χ3n) is 3.69. The molecule has 0 heterocycles. The van der Waals surface area contributed by atoms with Gasteiger partial charge < -0.3 is 4.74 Å². The molecule has 0 aliphatic rings. The first kappa shape index (κ1) is 34.1. The number of carbonyl (C=O) groups excluding carboxylic acids is 1. The van der Waals surface area contributed by atoms with Crippen LogP contribution in [0.5, 0.6) is 0 Å². The van der Waals surface area contributed by atoms with Crippen LogP contribution >= 0.6 is 0 Å². The average molecular weight is 552 g/mol. The van der Waals surface area contributed by atoms with E-state index in [1.54, 1.807) is 0 Å². The summed E-state index contributed by atoms with van der Waals surface area (Å²) in [6.45, 7) is 2.91. The molecule has 0 spiro atoms. The zero-order chi connectivity index (χ0) is 27.3. The SMILES string of the molecule is C=C(C)C(=O)OC(F)(F)C(F)(F)C(F)(F)C(F)(F)C(F)(F)C(F)(F)C(F)(F)CCC(F)(F)F.F. The second kappa shape index (κ2) is 9.19. The van der Waals surface area contributed by atoms with Crippen molar-refractivity contribution in [3.63, 3.8) is 0 Å². The van der Waals surface area contributed by atoms with Gasteiger partial charge in [0.1, 0.15) is 0 Å². The first-order chi connectivity index (χ1) is 14.0. The molecule has 0 aromatic heterocycles. The third kappa shape index (κ3) is 5.44. The van der Waals surface area contributed by atoms with E-state index in [1.807, 2.05) is 0 Å². The van der Waals surface area contributed by atoms with Crippen molar-refractivity contribution in [2.75, 3.05) is 0 Å². The van der Waals surface area contributed by atoms with Gasteiger partial charge in [0.15, 0.2) is 0 Å². The van der Waals surface area contributed by atoms with Crippen molar-refractivity contribution in [2.45, 2.75) is 67.6 Å². The summed E-state index contributed by atoms with van der Waals surface area (Å²) in [6.07, 6.45) is -19.4. The first-order valence-corrected chi connectivity index (χ1v) is 7.64. The molecule has 204 valence electrons. The van der Waals surface area contributed by atoms with Crippen LogP contribution in [0.1, 0.15) is 19.8 Å². The average Bonchev–Trinajstić information content (AvgIpc) is 2.57. The van der Waals surface area contributed by atoms with Gasteiger partial charge in [-0.3, -0.25) is 4.70 Å². The standard InChI is InChI=1S/C14H9F17O2.FH/c1-5(2)6(32)33-14(30,31)13(28,29)12(26,27)11(24,25)10(22,23)9(20,21)7(15,16)3-4-8(17,18)19;/h1,3-4H2,2H3;1H. The largest absolute Gasteiger partial charge is 0.473 e. The Morgan fingerprint density at radius 1 is 0.618 bits per heavy atom. The minimum Gasteiger partial charge on any atom is -0.393 e. The molecule has 0 amide bonds. The van der Waals surface area contributed by atoms with E-state index >= 15 is 0 Å². The molecule has 0 fully saturated rings. The van der Waals surface area contributed by atoms with Gasteiger partial charge in [0.05, 0.1) is 0 Å². The Labute approximate surface area is 176 Å². The zero-order valence-corrected chi connectivity index (χ0v) is 15.8. The Hall–Kier alpha value is -2.05. The predicted octanol–water partition coefficient (Wildman–Crippen LogP) is 7.01. The molecule has 0 bridgehead atoms. The summed E-state index contributed by atoms with van der Waals surface area (Å²) in [7, 11) is 0. The molecule has 0 radical (unpaired) electrons. The summed E-state index contributed by atoms with van der Waals surface area (Å²) in [5, 5.41) is 0. The van der Waals surface area contributed by atoms with Gasteiger partial charge in [0.2, 0.25) is 0 Å². The van der Waals surface area contributed by atoms with E-state index in [0.717, 1.165) is 0 Å². The van der Waals surface area contributed by atoms with Crippen molar-refractivity contribution in [2.24, 2.45) is 0 Å². The monoisotopic (exact) mass is 552 g/mol. The van der Waals surface area contributed by atoms with Gasteiger partial charge in [0.25, 0.3) is 0 Å². The van der Waals surface area contributed by atoms with Crippen LogP contribution in [0.25, 0.3) is 0 Å². The molecule has 0 saturated carbocycles. The molecular formula is C14H10F18O2. The Morgan fingerprint density at radius 3 is 1.26 bits per heavy atom. The molecule has 0 N–H and O–H groups in total. The summed E-state index contributed by atoms with van der Waals surface area (Å²) in [5.74, 6) is -50.7. The van der Waals surface area contributed by atoms with Crippen LogP contribution in [0.2, 0.25) is 0 Å². The predicted molar refractivity (Wildman–Crippen MR) is 73.3 cm³/mol. The molecule has 0 saturated heterocycles. The highest BCUT2D eigenvalue weighted by molar-refractivity contribution is 5.87. The molecule has 0 aliphatic heterocycles. The molecule has 0 atom stereocenters. The van der Waals surface area contributed by atoms with Crippen molar-refractivity contribution in [3.8, 4) is 0 Å². The Bertz CT molecular complexity index is 750. The fourth-order valence-corrected chi connectivity index (χ4v) is 1.73. The van der Waals surface area contributed by atoms with Crippen molar-refractivity contribution in [1.82, 2.24) is 0 Å². The maximum atomic E-state index is 13.5. The van der Waals surface area contributed by atoms with E-state index < -0.39 is 72.2 Å². The lowest BCUT2D eigenvalue weighted by Crippen LogP contribution is -2.73. The van der Waals surface area contributed by atoms with Gasteiger partial charge in [-0.25, -0.2) is 4.79 Å². The van der Waals surface area contributed by atoms with E-state index in [-0.39, 0.29) is 4.70 Å². The smallest absolute Gasteiger partial charge is 0.393 e. The molecular weight excluding hydrogens is 542 g/mol. The fraction of sp³-hybridized carbons (Fsp3) is 0.786. The number of halogens is 18. The number of carbonyl (C=O) groups is 1. The van der Waals surface area contributed by atoms with Crippen LogP contribution in [0.15, 0.2) is 12.2 Å². The normalized spacial score (nSPS) is 15.0. The Balaban J connectivity index is 0. The molecule has 0 unspecified atom stereocenters. The number of rotatable bonds is 10. The van der Waals surface area contributed by atoms with Gasteiger partial charge in [-0.2, -0.15) is 74.6 Å². The minimum atomic E-state index is -8.49. The van der Waals surface area contributed by atoms with Gasteiger partial charge in [-0.1, -0.05) is 6.58 Å². The third-order valence-corrected chi connectivity index (χ3v) is 3.69. The molecule has 0 aliphatic carbocycles. The van der Waals surface area contributed by atoms with E-state index in [2.05, 4.69) is 11.3 Å².